The van der Waals surface area contributed by atoms with E-state index >= 15 is 0 Å². The minimum Gasteiger partial charge on any atom is -0.481 e. The smallest absolute Gasteiger partial charge is 0.263 e. The van der Waals surface area contributed by atoms with E-state index < -0.39 is 6.04 Å². The van der Waals surface area contributed by atoms with E-state index in [2.05, 4.69) is 20.3 Å². The molecule has 6 rings (SSSR count). The number of pyridine rings is 2. The highest BCUT2D eigenvalue weighted by molar-refractivity contribution is 5.99. The third kappa shape index (κ3) is 5.50. The van der Waals surface area contributed by atoms with Crippen LogP contribution in [-0.4, -0.2) is 63.7 Å². The summed E-state index contributed by atoms with van der Waals surface area (Å²) in [4.78, 5) is 42.3. The lowest BCUT2D eigenvalue weighted by molar-refractivity contribution is 0.0303. The summed E-state index contributed by atoms with van der Waals surface area (Å²) < 4.78 is 12.4. The van der Waals surface area contributed by atoms with Crippen molar-refractivity contribution < 1.29 is 14.3 Å². The lowest BCUT2D eigenvalue weighted by atomic mass is 9.98. The molecule has 1 amide bonds. The van der Waals surface area contributed by atoms with E-state index in [9.17, 15) is 9.59 Å². The Morgan fingerprint density at radius 2 is 1.84 bits per heavy atom. The van der Waals surface area contributed by atoms with Crippen LogP contribution in [0.5, 0.6) is 5.88 Å². The summed E-state index contributed by atoms with van der Waals surface area (Å²) in [6.45, 7) is 3.80. The van der Waals surface area contributed by atoms with Crippen LogP contribution in [0.3, 0.4) is 0 Å². The molecule has 1 atom stereocenters. The zero-order valence-electron chi connectivity index (χ0n) is 23.9. The van der Waals surface area contributed by atoms with Crippen LogP contribution in [0, 0.1) is 0 Å². The predicted molar refractivity (Wildman–Crippen MR) is 165 cm³/mol. The van der Waals surface area contributed by atoms with Crippen molar-refractivity contribution >= 4 is 28.4 Å². The van der Waals surface area contributed by atoms with Crippen LogP contribution in [0.2, 0.25) is 0 Å². The number of nitrogen functional groups attached to an aromatic ring is 1. The molecule has 0 radical (unpaired) electrons. The zero-order chi connectivity index (χ0) is 29.9. The number of anilines is 2. The van der Waals surface area contributed by atoms with Crippen LogP contribution in [0.25, 0.3) is 27.6 Å². The first-order chi connectivity index (χ1) is 20.9. The molecule has 3 aromatic heterocycles. The van der Waals surface area contributed by atoms with Crippen LogP contribution in [0.4, 0.5) is 11.8 Å². The fourth-order valence-corrected chi connectivity index (χ4v) is 5.35. The van der Waals surface area contributed by atoms with E-state index in [0.29, 0.717) is 60.3 Å². The SMILES string of the molecule is COc1cc(-c2cccc3cc(C(C)Nc4nc(N)ncc4C(=O)N4CCOCC4)n(-c4ccccc4)c(=O)c23)ccn1. The second-order valence-corrected chi connectivity index (χ2v) is 10.2. The van der Waals surface area contributed by atoms with Gasteiger partial charge in [-0.05, 0) is 47.7 Å². The molecular formula is C32H31N7O4. The van der Waals surface area contributed by atoms with Gasteiger partial charge in [0.05, 0.1) is 31.8 Å². The molecule has 43 heavy (non-hydrogen) atoms. The molecule has 2 aromatic carbocycles. The van der Waals surface area contributed by atoms with Gasteiger partial charge in [0.15, 0.2) is 0 Å². The number of nitrogens with one attached hydrogen (secondary N) is 1. The Labute approximate surface area is 247 Å². The van der Waals surface area contributed by atoms with E-state index in [0.717, 1.165) is 16.5 Å². The van der Waals surface area contributed by atoms with Gasteiger partial charge in [-0.1, -0.05) is 36.4 Å². The molecular weight excluding hydrogens is 546 g/mol. The lowest BCUT2D eigenvalue weighted by Gasteiger charge is -2.28. The van der Waals surface area contributed by atoms with E-state index in [-0.39, 0.29) is 17.4 Å². The average molecular weight is 578 g/mol. The van der Waals surface area contributed by atoms with E-state index in [1.165, 1.54) is 6.20 Å². The monoisotopic (exact) mass is 577 g/mol. The van der Waals surface area contributed by atoms with Crippen molar-refractivity contribution in [1.82, 2.24) is 24.4 Å². The Hall–Kier alpha value is -5.29. The van der Waals surface area contributed by atoms with E-state index in [1.54, 1.807) is 22.8 Å². The highest BCUT2D eigenvalue weighted by Gasteiger charge is 2.25. The van der Waals surface area contributed by atoms with Gasteiger partial charge in [-0.15, -0.1) is 0 Å². The fraction of sp³-hybridized carbons (Fsp3) is 0.219. The van der Waals surface area contributed by atoms with Crippen LogP contribution >= 0.6 is 0 Å². The number of aromatic nitrogens is 4. The van der Waals surface area contributed by atoms with Crippen molar-refractivity contribution in [3.63, 3.8) is 0 Å². The first-order valence-corrected chi connectivity index (χ1v) is 13.9. The molecule has 1 saturated heterocycles. The Morgan fingerprint density at radius 1 is 1.05 bits per heavy atom. The molecule has 11 nitrogen and oxygen atoms in total. The summed E-state index contributed by atoms with van der Waals surface area (Å²) in [6.07, 6.45) is 3.10. The molecule has 0 aliphatic carbocycles. The van der Waals surface area contributed by atoms with Crippen molar-refractivity contribution in [3.05, 3.63) is 101 Å². The molecule has 1 aliphatic heterocycles. The van der Waals surface area contributed by atoms with Gasteiger partial charge in [0.2, 0.25) is 11.8 Å². The molecule has 3 N–H and O–H groups in total. The molecule has 11 heteroatoms. The second kappa shape index (κ2) is 11.9. The Bertz CT molecular complexity index is 1850. The minimum atomic E-state index is -0.465. The second-order valence-electron chi connectivity index (χ2n) is 10.2. The molecule has 4 heterocycles. The van der Waals surface area contributed by atoms with Crippen molar-refractivity contribution in [2.24, 2.45) is 0 Å². The van der Waals surface area contributed by atoms with E-state index in [1.807, 2.05) is 73.7 Å². The number of carbonyl (C=O) groups excluding carboxylic acids is 1. The molecule has 0 spiro atoms. The summed E-state index contributed by atoms with van der Waals surface area (Å²) in [6, 6.07) is 20.4. The predicted octanol–water partition coefficient (Wildman–Crippen LogP) is 4.08. The van der Waals surface area contributed by atoms with Crippen molar-refractivity contribution in [1.29, 1.82) is 0 Å². The zero-order valence-corrected chi connectivity index (χ0v) is 23.9. The van der Waals surface area contributed by atoms with Gasteiger partial charge in [0.25, 0.3) is 11.5 Å². The largest absolute Gasteiger partial charge is 0.481 e. The topological polar surface area (TPSA) is 137 Å². The van der Waals surface area contributed by atoms with Crippen LogP contribution < -0.4 is 21.3 Å². The number of morpholine rings is 1. The van der Waals surface area contributed by atoms with Gasteiger partial charge >= 0.3 is 0 Å². The number of benzene rings is 2. The number of carbonyl (C=O) groups is 1. The molecule has 0 bridgehead atoms. The average Bonchev–Trinajstić information content (AvgIpc) is 3.05. The molecule has 0 saturated carbocycles. The summed E-state index contributed by atoms with van der Waals surface area (Å²) in [5, 5.41) is 4.68. The number of amides is 1. The third-order valence-electron chi connectivity index (χ3n) is 7.48. The first kappa shape index (κ1) is 27.9. The standard InChI is InChI=1S/C32H31N7O4/c1-20(36-29-25(19-35-32(33)37-29)30(40)38-13-15-43-16-14-38)26-17-22-7-6-10-24(21-11-12-34-27(18-21)42-2)28(22)31(41)39(26)23-8-4-3-5-9-23/h3-12,17-20H,13-16H2,1-2H3,(H3,33,35,36,37). The first-order valence-electron chi connectivity index (χ1n) is 13.9. The molecule has 1 fully saturated rings. The lowest BCUT2D eigenvalue weighted by Crippen LogP contribution is -2.41. The van der Waals surface area contributed by atoms with Gasteiger partial charge in [0, 0.05) is 42.9 Å². The maximum absolute atomic E-state index is 14.5. The number of fused-ring (bicyclic) bond motifs is 1. The highest BCUT2D eigenvalue weighted by atomic mass is 16.5. The number of rotatable bonds is 7. The van der Waals surface area contributed by atoms with Gasteiger partial charge in [-0.2, -0.15) is 4.98 Å². The summed E-state index contributed by atoms with van der Waals surface area (Å²) in [5.41, 5.74) is 9.02. The van der Waals surface area contributed by atoms with Gasteiger partial charge in [-0.3, -0.25) is 14.2 Å². The highest BCUT2D eigenvalue weighted by Crippen LogP contribution is 2.31. The van der Waals surface area contributed by atoms with Gasteiger partial charge < -0.3 is 25.4 Å². The molecule has 1 unspecified atom stereocenters. The quantitative estimate of drug-likeness (QED) is 0.293. The van der Waals surface area contributed by atoms with E-state index in [4.69, 9.17) is 15.2 Å². The number of nitrogens with zero attached hydrogens (tertiary/aromatic N) is 5. The minimum absolute atomic E-state index is 0.0320. The summed E-state index contributed by atoms with van der Waals surface area (Å²) in [5.74, 6) is 0.569. The maximum Gasteiger partial charge on any atom is 0.263 e. The summed E-state index contributed by atoms with van der Waals surface area (Å²) in [7, 11) is 1.56. The number of hydrogen-bond donors (Lipinski definition) is 2. The van der Waals surface area contributed by atoms with Gasteiger partial charge in [-0.25, -0.2) is 9.97 Å². The third-order valence-corrected chi connectivity index (χ3v) is 7.48. The Morgan fingerprint density at radius 3 is 2.60 bits per heavy atom. The van der Waals surface area contributed by atoms with Gasteiger partial charge in [0.1, 0.15) is 11.4 Å². The number of nitrogens with two attached hydrogens (primary N) is 1. The normalized spacial score (nSPS) is 14.0. The number of hydrogen-bond acceptors (Lipinski definition) is 9. The summed E-state index contributed by atoms with van der Waals surface area (Å²) >= 11 is 0. The fourth-order valence-electron chi connectivity index (χ4n) is 5.35. The van der Waals surface area contributed by atoms with Crippen LogP contribution in [0.1, 0.15) is 29.0 Å². The Kier molecular flexibility index (Phi) is 7.71. The van der Waals surface area contributed by atoms with Crippen LogP contribution in [0.15, 0.2) is 83.9 Å². The maximum atomic E-state index is 14.5. The number of para-hydroxylation sites is 1. The van der Waals surface area contributed by atoms with Crippen molar-refractivity contribution in [3.8, 4) is 22.7 Å². The molecule has 1 aliphatic rings. The Balaban J connectivity index is 1.48. The molecule has 218 valence electrons. The van der Waals surface area contributed by atoms with Crippen molar-refractivity contribution in [2.75, 3.05) is 44.5 Å². The number of methoxy groups -OCH3 is 1. The molecule has 5 aromatic rings. The number of ether oxygens (including phenoxy) is 2. The van der Waals surface area contributed by atoms with Crippen molar-refractivity contribution in [2.45, 2.75) is 13.0 Å². The van der Waals surface area contributed by atoms with Crippen LogP contribution in [-0.2, 0) is 4.74 Å².